The molecule has 2 fully saturated rings. The first-order valence-electron chi connectivity index (χ1n) is 8.31. The first kappa shape index (κ1) is 14.1. The van der Waals surface area contributed by atoms with E-state index in [9.17, 15) is 0 Å². The zero-order chi connectivity index (χ0) is 14.2. The monoisotopic (exact) mass is 275 g/mol. The molecule has 1 saturated heterocycles. The number of piperidine rings is 1. The van der Waals surface area contributed by atoms with Crippen LogP contribution in [0.4, 0.5) is 0 Å². The van der Waals surface area contributed by atoms with Crippen LogP contribution in [0.25, 0.3) is 0 Å². The SMILES string of the molecule is CC1CC(C)CC(n2cncc2C2(C)CCNCC2)C1. The van der Waals surface area contributed by atoms with Crippen LogP contribution in [0.15, 0.2) is 12.5 Å². The number of nitrogens with zero attached hydrogens (tertiary/aromatic N) is 2. The van der Waals surface area contributed by atoms with Crippen LogP contribution < -0.4 is 5.32 Å². The van der Waals surface area contributed by atoms with E-state index in [1.807, 2.05) is 0 Å². The van der Waals surface area contributed by atoms with Crippen LogP contribution in [0.5, 0.6) is 0 Å². The summed E-state index contributed by atoms with van der Waals surface area (Å²) >= 11 is 0. The lowest BCUT2D eigenvalue weighted by molar-refractivity contribution is 0.208. The van der Waals surface area contributed by atoms with E-state index in [1.165, 1.54) is 37.8 Å². The maximum atomic E-state index is 4.51. The van der Waals surface area contributed by atoms with Crippen LogP contribution in [0.1, 0.15) is 64.6 Å². The molecule has 1 aromatic heterocycles. The number of imidazole rings is 1. The normalized spacial score (nSPS) is 34.0. The minimum absolute atomic E-state index is 0.311. The van der Waals surface area contributed by atoms with Crippen molar-refractivity contribution in [2.24, 2.45) is 11.8 Å². The Bertz CT molecular complexity index is 435. The van der Waals surface area contributed by atoms with Crippen molar-refractivity contribution >= 4 is 0 Å². The third kappa shape index (κ3) is 2.65. The Labute approximate surface area is 123 Å². The fourth-order valence-corrected chi connectivity index (χ4v) is 4.43. The fourth-order valence-electron chi connectivity index (χ4n) is 4.43. The molecular weight excluding hydrogens is 246 g/mol. The molecule has 2 aliphatic rings. The lowest BCUT2D eigenvalue weighted by atomic mass is 9.76. The van der Waals surface area contributed by atoms with Crippen LogP contribution in [0.3, 0.4) is 0 Å². The summed E-state index contributed by atoms with van der Waals surface area (Å²) in [7, 11) is 0. The van der Waals surface area contributed by atoms with Crippen LogP contribution in [-0.2, 0) is 5.41 Å². The first-order chi connectivity index (χ1) is 9.58. The Morgan fingerprint density at radius 3 is 2.45 bits per heavy atom. The molecule has 3 rings (SSSR count). The lowest BCUT2D eigenvalue weighted by Gasteiger charge is -2.39. The molecule has 2 heterocycles. The predicted molar refractivity (Wildman–Crippen MR) is 82.9 cm³/mol. The minimum Gasteiger partial charge on any atom is -0.331 e. The summed E-state index contributed by atoms with van der Waals surface area (Å²) in [5.74, 6) is 1.69. The Morgan fingerprint density at radius 1 is 1.15 bits per heavy atom. The van der Waals surface area contributed by atoms with Gasteiger partial charge >= 0.3 is 0 Å². The van der Waals surface area contributed by atoms with E-state index in [0.29, 0.717) is 11.5 Å². The average Bonchev–Trinajstić information content (AvgIpc) is 2.88. The number of hydrogen-bond acceptors (Lipinski definition) is 2. The van der Waals surface area contributed by atoms with Gasteiger partial charge in [0.1, 0.15) is 0 Å². The second-order valence-corrected chi connectivity index (χ2v) is 7.57. The molecule has 20 heavy (non-hydrogen) atoms. The van der Waals surface area contributed by atoms with Gasteiger partial charge in [0.15, 0.2) is 0 Å². The summed E-state index contributed by atoms with van der Waals surface area (Å²) in [4.78, 5) is 4.51. The van der Waals surface area contributed by atoms with Crippen molar-refractivity contribution in [2.75, 3.05) is 13.1 Å². The number of nitrogens with one attached hydrogen (secondary N) is 1. The van der Waals surface area contributed by atoms with Crippen molar-refractivity contribution in [1.29, 1.82) is 0 Å². The van der Waals surface area contributed by atoms with Gasteiger partial charge in [0.2, 0.25) is 0 Å². The maximum Gasteiger partial charge on any atom is 0.0950 e. The fraction of sp³-hybridized carbons (Fsp3) is 0.824. The molecule has 0 aromatic carbocycles. The molecule has 0 bridgehead atoms. The summed E-state index contributed by atoms with van der Waals surface area (Å²) in [5.41, 5.74) is 1.79. The third-order valence-electron chi connectivity index (χ3n) is 5.54. The standard InChI is InChI=1S/C17H29N3/c1-13-8-14(2)10-15(9-13)20-12-19-11-16(20)17(3)4-6-18-7-5-17/h11-15,18H,4-10H2,1-3H3. The van der Waals surface area contributed by atoms with Gasteiger partial charge in [0.05, 0.1) is 6.33 Å². The molecule has 0 spiro atoms. The van der Waals surface area contributed by atoms with Crippen LogP contribution >= 0.6 is 0 Å². The Kier molecular flexibility index (Phi) is 3.89. The van der Waals surface area contributed by atoms with E-state index >= 15 is 0 Å². The molecule has 3 heteroatoms. The van der Waals surface area contributed by atoms with Crippen LogP contribution in [0.2, 0.25) is 0 Å². The smallest absolute Gasteiger partial charge is 0.0950 e. The molecule has 0 amide bonds. The molecule has 2 atom stereocenters. The molecular formula is C17H29N3. The average molecular weight is 275 g/mol. The molecule has 1 saturated carbocycles. The molecule has 1 aliphatic carbocycles. The highest BCUT2D eigenvalue weighted by atomic mass is 15.1. The molecule has 2 unspecified atom stereocenters. The van der Waals surface area contributed by atoms with Crippen LogP contribution in [-0.4, -0.2) is 22.6 Å². The highest BCUT2D eigenvalue weighted by Gasteiger charge is 2.34. The van der Waals surface area contributed by atoms with E-state index < -0.39 is 0 Å². The lowest BCUT2D eigenvalue weighted by Crippen LogP contribution is -2.39. The van der Waals surface area contributed by atoms with E-state index in [4.69, 9.17) is 0 Å². The van der Waals surface area contributed by atoms with Gasteiger partial charge in [0, 0.05) is 23.3 Å². The second-order valence-electron chi connectivity index (χ2n) is 7.57. The highest BCUT2D eigenvalue weighted by molar-refractivity contribution is 5.16. The molecule has 1 aliphatic heterocycles. The highest BCUT2D eigenvalue weighted by Crippen LogP contribution is 2.40. The van der Waals surface area contributed by atoms with Gasteiger partial charge in [-0.25, -0.2) is 4.98 Å². The van der Waals surface area contributed by atoms with Gasteiger partial charge in [-0.3, -0.25) is 0 Å². The van der Waals surface area contributed by atoms with Crippen molar-refractivity contribution in [3.05, 3.63) is 18.2 Å². The van der Waals surface area contributed by atoms with Gasteiger partial charge in [0.25, 0.3) is 0 Å². The predicted octanol–water partition coefficient (Wildman–Crippen LogP) is 3.52. The summed E-state index contributed by atoms with van der Waals surface area (Å²) in [6.45, 7) is 9.52. The molecule has 0 radical (unpaired) electrons. The van der Waals surface area contributed by atoms with Crippen molar-refractivity contribution in [2.45, 2.75) is 64.3 Å². The van der Waals surface area contributed by atoms with Gasteiger partial charge in [-0.1, -0.05) is 20.8 Å². The van der Waals surface area contributed by atoms with E-state index in [-0.39, 0.29) is 0 Å². The van der Waals surface area contributed by atoms with E-state index in [0.717, 1.165) is 24.9 Å². The van der Waals surface area contributed by atoms with Crippen molar-refractivity contribution in [1.82, 2.24) is 14.9 Å². The second kappa shape index (κ2) is 5.51. The summed E-state index contributed by atoms with van der Waals surface area (Å²) in [5, 5.41) is 3.49. The largest absolute Gasteiger partial charge is 0.331 e. The number of rotatable bonds is 2. The van der Waals surface area contributed by atoms with E-state index in [1.54, 1.807) is 0 Å². The first-order valence-corrected chi connectivity index (χ1v) is 8.31. The van der Waals surface area contributed by atoms with Crippen molar-refractivity contribution < 1.29 is 0 Å². The van der Waals surface area contributed by atoms with Crippen molar-refractivity contribution in [3.63, 3.8) is 0 Å². The summed E-state index contributed by atoms with van der Waals surface area (Å²) in [6.07, 6.45) is 10.7. The van der Waals surface area contributed by atoms with Gasteiger partial charge < -0.3 is 9.88 Å². The Morgan fingerprint density at radius 2 is 1.80 bits per heavy atom. The number of aromatic nitrogens is 2. The van der Waals surface area contributed by atoms with Gasteiger partial charge in [-0.05, 0) is 57.0 Å². The van der Waals surface area contributed by atoms with Crippen molar-refractivity contribution in [3.8, 4) is 0 Å². The summed E-state index contributed by atoms with van der Waals surface area (Å²) in [6, 6.07) is 0.665. The maximum absolute atomic E-state index is 4.51. The Balaban J connectivity index is 1.86. The third-order valence-corrected chi connectivity index (χ3v) is 5.54. The summed E-state index contributed by atoms with van der Waals surface area (Å²) < 4.78 is 2.53. The number of hydrogen-bond donors (Lipinski definition) is 1. The molecule has 112 valence electrons. The molecule has 3 nitrogen and oxygen atoms in total. The zero-order valence-electron chi connectivity index (χ0n) is 13.2. The topological polar surface area (TPSA) is 29.9 Å². The minimum atomic E-state index is 0.311. The van der Waals surface area contributed by atoms with Gasteiger partial charge in [-0.2, -0.15) is 0 Å². The quantitative estimate of drug-likeness (QED) is 0.895. The molecule has 1 aromatic rings. The van der Waals surface area contributed by atoms with E-state index in [2.05, 4.69) is 48.2 Å². The van der Waals surface area contributed by atoms with Gasteiger partial charge in [-0.15, -0.1) is 0 Å². The molecule has 1 N–H and O–H groups in total. The Hall–Kier alpha value is -0.830. The zero-order valence-corrected chi connectivity index (χ0v) is 13.2. The van der Waals surface area contributed by atoms with Crippen LogP contribution in [0, 0.1) is 11.8 Å².